The third-order valence-corrected chi connectivity index (χ3v) is 4.29. The predicted molar refractivity (Wildman–Crippen MR) is 76.5 cm³/mol. The van der Waals surface area contributed by atoms with E-state index in [0.29, 0.717) is 16.6 Å². The molecule has 1 saturated carbocycles. The molecule has 0 spiro atoms. The molecule has 1 heterocycles. The van der Waals surface area contributed by atoms with Gasteiger partial charge >= 0.3 is 0 Å². The highest BCUT2D eigenvalue weighted by molar-refractivity contribution is 6.30. The molecule has 1 amide bonds. The second-order valence-corrected chi connectivity index (χ2v) is 5.96. The number of nitrogens with zero attached hydrogens (tertiary/aromatic N) is 1. The molecule has 0 unspecified atom stereocenters. The van der Waals surface area contributed by atoms with Crippen LogP contribution in [-0.4, -0.2) is 36.0 Å². The van der Waals surface area contributed by atoms with Gasteiger partial charge in [-0.1, -0.05) is 11.6 Å². The number of carbonyl (C=O) groups excluding carboxylic acids is 1. The monoisotopic (exact) mass is 278 g/mol. The van der Waals surface area contributed by atoms with Crippen LogP contribution in [0.1, 0.15) is 36.0 Å². The van der Waals surface area contributed by atoms with Crippen molar-refractivity contribution in [2.24, 2.45) is 0 Å². The van der Waals surface area contributed by atoms with E-state index in [2.05, 4.69) is 10.2 Å². The van der Waals surface area contributed by atoms with Crippen LogP contribution in [0.2, 0.25) is 5.02 Å². The van der Waals surface area contributed by atoms with Crippen molar-refractivity contribution in [3.8, 4) is 0 Å². The number of hydrogen-bond acceptors (Lipinski definition) is 2. The minimum Gasteiger partial charge on any atom is -0.349 e. The minimum absolute atomic E-state index is 0.0153. The molecule has 4 heteroatoms. The van der Waals surface area contributed by atoms with Crippen LogP contribution in [0.3, 0.4) is 0 Å². The smallest absolute Gasteiger partial charge is 0.251 e. The molecule has 0 aromatic heterocycles. The number of piperidine rings is 1. The maximum absolute atomic E-state index is 12.1. The van der Waals surface area contributed by atoms with Gasteiger partial charge in [0, 0.05) is 35.8 Å². The summed E-state index contributed by atoms with van der Waals surface area (Å²) in [5.41, 5.74) is 0.689. The van der Waals surface area contributed by atoms with Crippen LogP contribution >= 0.6 is 11.6 Å². The van der Waals surface area contributed by atoms with E-state index in [1.54, 1.807) is 24.3 Å². The molecule has 2 fully saturated rings. The van der Waals surface area contributed by atoms with Crippen LogP contribution in [0, 0.1) is 0 Å². The molecule has 0 bridgehead atoms. The van der Waals surface area contributed by atoms with Gasteiger partial charge in [0.15, 0.2) is 0 Å². The summed E-state index contributed by atoms with van der Waals surface area (Å²) < 4.78 is 0. The number of hydrogen-bond donors (Lipinski definition) is 1. The molecule has 1 aliphatic heterocycles. The maximum Gasteiger partial charge on any atom is 0.251 e. The summed E-state index contributed by atoms with van der Waals surface area (Å²) in [5, 5.41) is 3.79. The quantitative estimate of drug-likeness (QED) is 0.922. The van der Waals surface area contributed by atoms with Gasteiger partial charge in [0.25, 0.3) is 5.91 Å². The Kier molecular flexibility index (Phi) is 3.76. The van der Waals surface area contributed by atoms with Crippen molar-refractivity contribution in [2.75, 3.05) is 13.1 Å². The molecule has 0 atom stereocenters. The molecule has 1 aromatic carbocycles. The Labute approximate surface area is 118 Å². The largest absolute Gasteiger partial charge is 0.349 e. The summed E-state index contributed by atoms with van der Waals surface area (Å²) in [4.78, 5) is 14.6. The van der Waals surface area contributed by atoms with Crippen molar-refractivity contribution in [3.05, 3.63) is 34.9 Å². The van der Waals surface area contributed by atoms with Crippen molar-refractivity contribution in [3.63, 3.8) is 0 Å². The Hall–Kier alpha value is -1.06. The van der Waals surface area contributed by atoms with Crippen LogP contribution in [-0.2, 0) is 0 Å². The SMILES string of the molecule is O=C(NC1CCN(C2CC2)CC1)c1ccc(Cl)cc1. The third-order valence-electron chi connectivity index (χ3n) is 4.03. The Bertz CT molecular complexity index is 448. The summed E-state index contributed by atoms with van der Waals surface area (Å²) in [6.45, 7) is 2.24. The highest BCUT2D eigenvalue weighted by Crippen LogP contribution is 2.29. The molecule has 2 aliphatic rings. The van der Waals surface area contributed by atoms with E-state index in [9.17, 15) is 4.79 Å². The maximum atomic E-state index is 12.1. The fourth-order valence-electron chi connectivity index (χ4n) is 2.72. The standard InChI is InChI=1S/C15H19ClN2O/c16-12-3-1-11(2-4-12)15(19)17-13-7-9-18(10-8-13)14-5-6-14/h1-4,13-14H,5-10H2,(H,17,19). The second-order valence-electron chi connectivity index (χ2n) is 5.52. The van der Waals surface area contributed by atoms with E-state index in [1.165, 1.54) is 12.8 Å². The summed E-state index contributed by atoms with van der Waals surface area (Å²) in [5.74, 6) is 0.0153. The number of halogens is 1. The van der Waals surface area contributed by atoms with Gasteiger partial charge in [0.2, 0.25) is 0 Å². The molecular weight excluding hydrogens is 260 g/mol. The van der Waals surface area contributed by atoms with E-state index in [4.69, 9.17) is 11.6 Å². The lowest BCUT2D eigenvalue weighted by atomic mass is 10.0. The van der Waals surface area contributed by atoms with Crippen LogP contribution in [0.5, 0.6) is 0 Å². The molecule has 3 rings (SSSR count). The molecule has 1 aliphatic carbocycles. The van der Waals surface area contributed by atoms with Gasteiger partial charge in [-0.3, -0.25) is 4.79 Å². The summed E-state index contributed by atoms with van der Waals surface area (Å²) >= 11 is 5.82. The van der Waals surface area contributed by atoms with Gasteiger partial charge in [0.05, 0.1) is 0 Å². The Morgan fingerprint density at radius 3 is 2.32 bits per heavy atom. The van der Waals surface area contributed by atoms with Crippen molar-refractivity contribution >= 4 is 17.5 Å². The average molecular weight is 279 g/mol. The van der Waals surface area contributed by atoms with Gasteiger partial charge in [-0.25, -0.2) is 0 Å². The molecule has 1 aromatic rings. The van der Waals surface area contributed by atoms with E-state index in [0.717, 1.165) is 32.0 Å². The molecule has 19 heavy (non-hydrogen) atoms. The first kappa shape index (κ1) is 12.9. The molecule has 102 valence electrons. The molecule has 1 saturated heterocycles. The first-order valence-electron chi connectivity index (χ1n) is 7.03. The number of rotatable bonds is 3. The highest BCUT2D eigenvalue weighted by atomic mass is 35.5. The summed E-state index contributed by atoms with van der Waals surface area (Å²) in [6, 6.07) is 8.22. The fourth-order valence-corrected chi connectivity index (χ4v) is 2.84. The molecule has 0 radical (unpaired) electrons. The van der Waals surface area contributed by atoms with Gasteiger partial charge in [-0.15, -0.1) is 0 Å². The number of amides is 1. The van der Waals surface area contributed by atoms with Crippen molar-refractivity contribution in [1.29, 1.82) is 0 Å². The van der Waals surface area contributed by atoms with E-state index < -0.39 is 0 Å². The minimum atomic E-state index is 0.0153. The number of likely N-dealkylation sites (tertiary alicyclic amines) is 1. The number of carbonyl (C=O) groups is 1. The molecule has 3 nitrogen and oxygen atoms in total. The van der Waals surface area contributed by atoms with Gasteiger partial charge in [-0.2, -0.15) is 0 Å². The van der Waals surface area contributed by atoms with E-state index in [1.807, 2.05) is 0 Å². The normalized spacial score (nSPS) is 21.3. The van der Waals surface area contributed by atoms with Gasteiger partial charge < -0.3 is 10.2 Å². The van der Waals surface area contributed by atoms with E-state index >= 15 is 0 Å². The highest BCUT2D eigenvalue weighted by Gasteiger charge is 2.32. The zero-order valence-electron chi connectivity index (χ0n) is 10.9. The lowest BCUT2D eigenvalue weighted by Crippen LogP contribution is -2.45. The third kappa shape index (κ3) is 3.28. The van der Waals surface area contributed by atoms with Gasteiger partial charge in [0.1, 0.15) is 0 Å². The van der Waals surface area contributed by atoms with Gasteiger partial charge in [-0.05, 0) is 49.9 Å². The average Bonchev–Trinajstić information content (AvgIpc) is 3.25. The van der Waals surface area contributed by atoms with Crippen molar-refractivity contribution < 1.29 is 4.79 Å². The van der Waals surface area contributed by atoms with Crippen LogP contribution in [0.4, 0.5) is 0 Å². The summed E-state index contributed by atoms with van der Waals surface area (Å²) in [7, 11) is 0. The zero-order valence-corrected chi connectivity index (χ0v) is 11.7. The topological polar surface area (TPSA) is 32.3 Å². The first-order chi connectivity index (χ1) is 9.22. The van der Waals surface area contributed by atoms with Crippen LogP contribution in [0.25, 0.3) is 0 Å². The lowest BCUT2D eigenvalue weighted by molar-refractivity contribution is 0.0909. The molecular formula is C15H19ClN2O. The first-order valence-corrected chi connectivity index (χ1v) is 7.40. The van der Waals surface area contributed by atoms with Crippen molar-refractivity contribution in [1.82, 2.24) is 10.2 Å². The number of benzene rings is 1. The Morgan fingerprint density at radius 1 is 1.11 bits per heavy atom. The second kappa shape index (κ2) is 5.51. The predicted octanol–water partition coefficient (Wildman–Crippen LogP) is 2.70. The molecule has 1 N–H and O–H groups in total. The Balaban J connectivity index is 1.51. The summed E-state index contributed by atoms with van der Waals surface area (Å²) in [6.07, 6.45) is 4.86. The lowest BCUT2D eigenvalue weighted by Gasteiger charge is -2.32. The fraction of sp³-hybridized carbons (Fsp3) is 0.533. The Morgan fingerprint density at radius 2 is 1.74 bits per heavy atom. The van der Waals surface area contributed by atoms with Crippen molar-refractivity contribution in [2.45, 2.75) is 37.8 Å². The van der Waals surface area contributed by atoms with Crippen LogP contribution in [0.15, 0.2) is 24.3 Å². The number of nitrogens with one attached hydrogen (secondary N) is 1. The van der Waals surface area contributed by atoms with E-state index in [-0.39, 0.29) is 5.91 Å². The van der Waals surface area contributed by atoms with Crippen LogP contribution < -0.4 is 5.32 Å². The zero-order chi connectivity index (χ0) is 13.2.